The summed E-state index contributed by atoms with van der Waals surface area (Å²) in [5.41, 5.74) is -0.0475. The maximum Gasteiger partial charge on any atom is 0.336 e. The maximum absolute atomic E-state index is 12.0. The fraction of sp³-hybridized carbons (Fsp3) is 0.417. The molecule has 0 bridgehead atoms. The molecular weight excluding hydrogens is 288 g/mol. The van der Waals surface area contributed by atoms with Gasteiger partial charge in [0.15, 0.2) is 9.84 Å². The van der Waals surface area contributed by atoms with Crippen LogP contribution in [0, 0.1) is 0 Å². The summed E-state index contributed by atoms with van der Waals surface area (Å²) < 4.78 is 35.1. The van der Waals surface area contributed by atoms with Crippen molar-refractivity contribution in [1.82, 2.24) is 0 Å². The average Bonchev–Trinajstić information content (AvgIpc) is 2.36. The molecule has 0 saturated carbocycles. The van der Waals surface area contributed by atoms with Crippen LogP contribution in [0.25, 0.3) is 0 Å². The first-order valence-electron chi connectivity index (χ1n) is 5.78. The van der Waals surface area contributed by atoms with Crippen LogP contribution in [0.2, 0.25) is 0 Å². The molecule has 0 fully saturated rings. The Hall–Kier alpha value is -1.21. The SMILES string of the molecule is CCCS(=O)(=O)CCS(=O)c1ccccc1C(=O)O. The lowest BCUT2D eigenvalue weighted by Gasteiger charge is -2.06. The summed E-state index contributed by atoms with van der Waals surface area (Å²) in [5, 5.41) is 8.97. The Morgan fingerprint density at radius 1 is 1.26 bits per heavy atom. The van der Waals surface area contributed by atoms with Crippen LogP contribution >= 0.6 is 0 Å². The van der Waals surface area contributed by atoms with Crippen molar-refractivity contribution < 1.29 is 22.5 Å². The number of carboxylic acid groups (broad SMARTS) is 1. The van der Waals surface area contributed by atoms with Gasteiger partial charge in [0.05, 0.1) is 27.0 Å². The Morgan fingerprint density at radius 3 is 2.47 bits per heavy atom. The van der Waals surface area contributed by atoms with E-state index in [1.807, 2.05) is 0 Å². The highest BCUT2D eigenvalue weighted by Gasteiger charge is 2.17. The lowest BCUT2D eigenvalue weighted by molar-refractivity contribution is 0.0693. The summed E-state index contributed by atoms with van der Waals surface area (Å²) in [4.78, 5) is 11.1. The third-order valence-corrected chi connectivity index (χ3v) is 5.99. The fourth-order valence-electron chi connectivity index (χ4n) is 1.57. The molecule has 0 radical (unpaired) electrons. The van der Waals surface area contributed by atoms with Crippen LogP contribution in [-0.4, -0.2) is 41.0 Å². The van der Waals surface area contributed by atoms with Crippen molar-refractivity contribution in [2.75, 3.05) is 17.3 Å². The number of aromatic carboxylic acids is 1. The number of hydrogen-bond donors (Lipinski definition) is 1. The molecule has 0 spiro atoms. The van der Waals surface area contributed by atoms with Gasteiger partial charge in [-0.05, 0) is 18.6 Å². The standard InChI is InChI=1S/C12H16O5S2/c1-2-8-19(16,17)9-7-18(15)11-6-4-3-5-10(11)12(13)14/h3-6H,2,7-9H2,1H3,(H,13,14). The van der Waals surface area contributed by atoms with Crippen LogP contribution < -0.4 is 0 Å². The lowest BCUT2D eigenvalue weighted by atomic mass is 10.2. The minimum atomic E-state index is -3.21. The van der Waals surface area contributed by atoms with E-state index in [0.29, 0.717) is 6.42 Å². The van der Waals surface area contributed by atoms with Crippen LogP contribution in [0.3, 0.4) is 0 Å². The van der Waals surface area contributed by atoms with E-state index in [2.05, 4.69) is 0 Å². The summed E-state index contributed by atoms with van der Waals surface area (Å²) in [5.74, 6) is -1.38. The number of sulfone groups is 1. The summed E-state index contributed by atoms with van der Waals surface area (Å²) in [7, 11) is -4.83. The van der Waals surface area contributed by atoms with Gasteiger partial charge in [-0.3, -0.25) is 4.21 Å². The number of carbonyl (C=O) groups is 1. The molecular formula is C12H16O5S2. The molecule has 106 valence electrons. The normalized spacial score (nSPS) is 13.1. The smallest absolute Gasteiger partial charge is 0.336 e. The highest BCUT2D eigenvalue weighted by molar-refractivity contribution is 7.93. The van der Waals surface area contributed by atoms with Crippen LogP contribution in [0.1, 0.15) is 23.7 Å². The number of benzene rings is 1. The molecule has 1 N–H and O–H groups in total. The van der Waals surface area contributed by atoms with Gasteiger partial charge in [-0.1, -0.05) is 19.1 Å². The molecule has 0 aromatic heterocycles. The molecule has 0 aliphatic carbocycles. The fourth-order valence-corrected chi connectivity index (χ4v) is 4.87. The third kappa shape index (κ3) is 4.76. The number of hydrogen-bond acceptors (Lipinski definition) is 4. The zero-order valence-corrected chi connectivity index (χ0v) is 12.2. The van der Waals surface area contributed by atoms with Crippen molar-refractivity contribution in [1.29, 1.82) is 0 Å². The lowest BCUT2D eigenvalue weighted by Crippen LogP contribution is -2.17. The molecule has 19 heavy (non-hydrogen) atoms. The van der Waals surface area contributed by atoms with Gasteiger partial charge in [0.1, 0.15) is 0 Å². The molecule has 0 heterocycles. The molecule has 1 unspecified atom stereocenters. The van der Waals surface area contributed by atoms with E-state index in [-0.39, 0.29) is 27.7 Å². The van der Waals surface area contributed by atoms with E-state index >= 15 is 0 Å². The Balaban J connectivity index is 2.83. The van der Waals surface area contributed by atoms with Crippen molar-refractivity contribution in [3.63, 3.8) is 0 Å². The molecule has 1 aromatic rings. The van der Waals surface area contributed by atoms with Gasteiger partial charge in [0, 0.05) is 11.5 Å². The molecule has 0 saturated heterocycles. The van der Waals surface area contributed by atoms with Crippen molar-refractivity contribution in [2.24, 2.45) is 0 Å². The second-order valence-electron chi connectivity index (χ2n) is 4.00. The third-order valence-electron chi connectivity index (χ3n) is 2.46. The molecule has 0 aliphatic heterocycles. The van der Waals surface area contributed by atoms with Crippen LogP contribution in [0.5, 0.6) is 0 Å². The molecule has 5 nitrogen and oxygen atoms in total. The van der Waals surface area contributed by atoms with E-state index in [1.165, 1.54) is 18.2 Å². The zero-order chi connectivity index (χ0) is 14.5. The molecule has 0 aliphatic rings. The van der Waals surface area contributed by atoms with Crippen LogP contribution in [0.15, 0.2) is 29.2 Å². The predicted molar refractivity (Wildman–Crippen MR) is 73.6 cm³/mol. The molecule has 1 rings (SSSR count). The molecule has 1 aromatic carbocycles. The summed E-state index contributed by atoms with van der Waals surface area (Å²) in [6, 6.07) is 5.93. The predicted octanol–water partition coefficient (Wildman–Crippen LogP) is 1.32. The van der Waals surface area contributed by atoms with E-state index < -0.39 is 26.6 Å². The van der Waals surface area contributed by atoms with Crippen molar-refractivity contribution >= 4 is 26.6 Å². The summed E-state index contributed by atoms with van der Waals surface area (Å²) >= 11 is 0. The molecule has 1 atom stereocenters. The molecule has 7 heteroatoms. The Morgan fingerprint density at radius 2 is 1.89 bits per heavy atom. The van der Waals surface area contributed by atoms with Gasteiger partial charge < -0.3 is 5.11 Å². The highest BCUT2D eigenvalue weighted by atomic mass is 32.2. The first kappa shape index (κ1) is 15.8. The Labute approximate surface area is 115 Å². The van der Waals surface area contributed by atoms with Gasteiger partial charge in [-0.2, -0.15) is 0 Å². The minimum absolute atomic E-state index is 0.0475. The summed E-state index contributed by atoms with van der Waals surface area (Å²) in [6.07, 6.45) is 0.515. The van der Waals surface area contributed by atoms with Gasteiger partial charge in [0.2, 0.25) is 0 Å². The van der Waals surface area contributed by atoms with Gasteiger partial charge in [0.25, 0.3) is 0 Å². The van der Waals surface area contributed by atoms with Gasteiger partial charge >= 0.3 is 5.97 Å². The van der Waals surface area contributed by atoms with E-state index in [9.17, 15) is 17.4 Å². The Bertz CT molecular complexity index is 578. The first-order valence-corrected chi connectivity index (χ1v) is 8.92. The van der Waals surface area contributed by atoms with Crippen molar-refractivity contribution in [3.8, 4) is 0 Å². The Kier molecular flexibility index (Phi) is 5.68. The number of rotatable bonds is 7. The first-order chi connectivity index (χ1) is 8.87. The largest absolute Gasteiger partial charge is 0.478 e. The summed E-state index contributed by atoms with van der Waals surface area (Å²) in [6.45, 7) is 1.76. The highest BCUT2D eigenvalue weighted by Crippen LogP contribution is 2.14. The quantitative estimate of drug-likeness (QED) is 0.820. The van der Waals surface area contributed by atoms with E-state index in [0.717, 1.165) is 0 Å². The number of carboxylic acids is 1. The van der Waals surface area contributed by atoms with Gasteiger partial charge in [-0.15, -0.1) is 0 Å². The van der Waals surface area contributed by atoms with Gasteiger partial charge in [-0.25, -0.2) is 13.2 Å². The van der Waals surface area contributed by atoms with E-state index in [4.69, 9.17) is 5.11 Å². The van der Waals surface area contributed by atoms with Crippen molar-refractivity contribution in [2.45, 2.75) is 18.2 Å². The second-order valence-corrected chi connectivity index (χ2v) is 7.85. The minimum Gasteiger partial charge on any atom is -0.478 e. The zero-order valence-electron chi connectivity index (χ0n) is 10.5. The monoisotopic (exact) mass is 304 g/mol. The average molecular weight is 304 g/mol. The molecule has 0 amide bonds. The van der Waals surface area contributed by atoms with E-state index in [1.54, 1.807) is 13.0 Å². The maximum atomic E-state index is 12.0. The second kappa shape index (κ2) is 6.81. The van der Waals surface area contributed by atoms with Crippen molar-refractivity contribution in [3.05, 3.63) is 29.8 Å². The van der Waals surface area contributed by atoms with Crippen LogP contribution in [-0.2, 0) is 20.6 Å². The van der Waals surface area contributed by atoms with Crippen LogP contribution in [0.4, 0.5) is 0 Å². The topological polar surface area (TPSA) is 88.5 Å².